The van der Waals surface area contributed by atoms with E-state index in [0.717, 1.165) is 5.69 Å². The summed E-state index contributed by atoms with van der Waals surface area (Å²) in [4.78, 5) is 11.5. The molecule has 8 heteroatoms. The molecule has 134 valence electrons. The van der Waals surface area contributed by atoms with Gasteiger partial charge in [0.15, 0.2) is 0 Å². The Kier molecular flexibility index (Phi) is 4.77. The first-order valence-electron chi connectivity index (χ1n) is 7.74. The van der Waals surface area contributed by atoms with Crippen molar-refractivity contribution in [1.82, 2.24) is 9.78 Å². The molecule has 1 aromatic heterocycles. The number of nitrogens with one attached hydrogen (secondary N) is 1. The summed E-state index contributed by atoms with van der Waals surface area (Å²) in [7, 11) is -2.58. The quantitative estimate of drug-likeness (QED) is 0.697. The average Bonchev–Trinajstić information content (AvgIpc) is 3.01. The van der Waals surface area contributed by atoms with Crippen LogP contribution in [0.1, 0.15) is 16.1 Å². The van der Waals surface area contributed by atoms with Crippen LogP contribution in [-0.2, 0) is 14.8 Å². The van der Waals surface area contributed by atoms with Crippen LogP contribution in [0.2, 0.25) is 0 Å². The minimum Gasteiger partial charge on any atom is -0.465 e. The lowest BCUT2D eigenvalue weighted by Gasteiger charge is -2.11. The first kappa shape index (κ1) is 17.7. The summed E-state index contributed by atoms with van der Waals surface area (Å²) < 4.78 is 34.0. The monoisotopic (exact) mass is 371 g/mol. The van der Waals surface area contributed by atoms with Gasteiger partial charge in [-0.1, -0.05) is 18.2 Å². The molecule has 1 heterocycles. The summed E-state index contributed by atoms with van der Waals surface area (Å²) in [6, 6.07) is 16.4. The zero-order chi connectivity index (χ0) is 18.7. The fraction of sp³-hybridized carbons (Fsp3) is 0.111. The van der Waals surface area contributed by atoms with E-state index in [9.17, 15) is 13.2 Å². The maximum Gasteiger partial charge on any atom is 0.337 e. The number of hydrogen-bond donors (Lipinski definition) is 1. The van der Waals surface area contributed by atoms with Crippen molar-refractivity contribution in [2.75, 3.05) is 11.8 Å². The van der Waals surface area contributed by atoms with Gasteiger partial charge in [0, 0.05) is 6.07 Å². The summed E-state index contributed by atoms with van der Waals surface area (Å²) in [6.45, 7) is 1.78. The molecule has 0 fully saturated rings. The highest BCUT2D eigenvalue weighted by atomic mass is 32.2. The Morgan fingerprint density at radius 3 is 2.35 bits per heavy atom. The predicted molar refractivity (Wildman–Crippen MR) is 96.9 cm³/mol. The van der Waals surface area contributed by atoms with Crippen LogP contribution in [0.4, 0.5) is 5.82 Å². The van der Waals surface area contributed by atoms with Crippen LogP contribution >= 0.6 is 0 Å². The van der Waals surface area contributed by atoms with E-state index in [4.69, 9.17) is 0 Å². The number of carbonyl (C=O) groups is 1. The minimum absolute atomic E-state index is 0.0311. The van der Waals surface area contributed by atoms with Crippen LogP contribution in [0, 0.1) is 6.92 Å². The highest BCUT2D eigenvalue weighted by Crippen LogP contribution is 2.21. The van der Waals surface area contributed by atoms with Crippen molar-refractivity contribution in [3.05, 3.63) is 71.9 Å². The fourth-order valence-corrected chi connectivity index (χ4v) is 3.46. The first-order chi connectivity index (χ1) is 12.4. The third-order valence-electron chi connectivity index (χ3n) is 3.66. The number of anilines is 1. The van der Waals surface area contributed by atoms with Crippen LogP contribution in [0.15, 0.2) is 65.6 Å². The molecule has 26 heavy (non-hydrogen) atoms. The second-order valence-corrected chi connectivity index (χ2v) is 7.22. The van der Waals surface area contributed by atoms with E-state index >= 15 is 0 Å². The molecule has 0 aliphatic heterocycles. The first-order valence-corrected chi connectivity index (χ1v) is 9.22. The van der Waals surface area contributed by atoms with Crippen LogP contribution < -0.4 is 4.72 Å². The smallest absolute Gasteiger partial charge is 0.337 e. The number of esters is 1. The van der Waals surface area contributed by atoms with E-state index in [1.165, 1.54) is 36.1 Å². The van der Waals surface area contributed by atoms with E-state index in [1.54, 1.807) is 13.0 Å². The molecule has 3 rings (SSSR count). The Bertz CT molecular complexity index is 1030. The normalized spacial score (nSPS) is 11.2. The van der Waals surface area contributed by atoms with Crippen molar-refractivity contribution in [3.8, 4) is 5.69 Å². The second kappa shape index (κ2) is 7.01. The van der Waals surface area contributed by atoms with Gasteiger partial charge in [-0.15, -0.1) is 0 Å². The third-order valence-corrected chi connectivity index (χ3v) is 5.03. The number of benzene rings is 2. The zero-order valence-electron chi connectivity index (χ0n) is 14.2. The van der Waals surface area contributed by atoms with Gasteiger partial charge < -0.3 is 4.74 Å². The van der Waals surface area contributed by atoms with Crippen molar-refractivity contribution in [2.24, 2.45) is 0 Å². The Morgan fingerprint density at radius 2 is 1.73 bits per heavy atom. The molecule has 0 saturated carbocycles. The third kappa shape index (κ3) is 3.60. The molecule has 0 bridgehead atoms. The van der Waals surface area contributed by atoms with Gasteiger partial charge in [0.25, 0.3) is 10.0 Å². The van der Waals surface area contributed by atoms with E-state index in [-0.39, 0.29) is 10.5 Å². The SMILES string of the molecule is COC(=O)c1ccc(S(=O)(=O)Nc2cc(C)nn2-c2ccccc2)cc1. The number of aryl methyl sites for hydroxylation is 1. The number of methoxy groups -OCH3 is 1. The maximum atomic E-state index is 12.7. The molecule has 0 amide bonds. The Morgan fingerprint density at radius 1 is 1.08 bits per heavy atom. The Balaban J connectivity index is 1.92. The number of ether oxygens (including phenoxy) is 1. The van der Waals surface area contributed by atoms with Gasteiger partial charge in [-0.3, -0.25) is 4.72 Å². The largest absolute Gasteiger partial charge is 0.465 e. The van der Waals surface area contributed by atoms with Gasteiger partial charge in [0.1, 0.15) is 5.82 Å². The molecule has 3 aromatic rings. The van der Waals surface area contributed by atoms with Gasteiger partial charge >= 0.3 is 5.97 Å². The Labute approximate surface area is 151 Å². The van der Waals surface area contributed by atoms with Gasteiger partial charge in [-0.25, -0.2) is 17.9 Å². The minimum atomic E-state index is -3.84. The van der Waals surface area contributed by atoms with Gasteiger partial charge in [0.2, 0.25) is 0 Å². The highest BCUT2D eigenvalue weighted by Gasteiger charge is 2.18. The predicted octanol–water partition coefficient (Wildman–Crippen LogP) is 2.77. The number of nitrogens with zero attached hydrogens (tertiary/aromatic N) is 2. The van der Waals surface area contributed by atoms with E-state index in [2.05, 4.69) is 14.6 Å². The molecule has 0 aliphatic carbocycles. The van der Waals surface area contributed by atoms with Crippen LogP contribution in [0.25, 0.3) is 5.69 Å². The topological polar surface area (TPSA) is 90.3 Å². The molecule has 0 unspecified atom stereocenters. The summed E-state index contributed by atoms with van der Waals surface area (Å²) in [5, 5.41) is 4.34. The van der Waals surface area contributed by atoms with Gasteiger partial charge in [-0.2, -0.15) is 5.10 Å². The zero-order valence-corrected chi connectivity index (χ0v) is 15.0. The summed E-state index contributed by atoms with van der Waals surface area (Å²) in [6.07, 6.45) is 0. The second-order valence-electron chi connectivity index (χ2n) is 5.54. The Hall–Kier alpha value is -3.13. The van der Waals surface area contributed by atoms with Crippen molar-refractivity contribution in [1.29, 1.82) is 0 Å². The van der Waals surface area contributed by atoms with Crippen LogP contribution in [0.5, 0.6) is 0 Å². The maximum absolute atomic E-state index is 12.7. The molecule has 2 aromatic carbocycles. The van der Waals surface area contributed by atoms with Crippen molar-refractivity contribution < 1.29 is 17.9 Å². The number of hydrogen-bond acceptors (Lipinski definition) is 5. The number of sulfonamides is 1. The van der Waals surface area contributed by atoms with Crippen molar-refractivity contribution in [3.63, 3.8) is 0 Å². The van der Waals surface area contributed by atoms with Gasteiger partial charge in [0.05, 0.1) is 29.0 Å². The number of aromatic nitrogens is 2. The summed E-state index contributed by atoms with van der Waals surface area (Å²) in [5.74, 6) is -0.203. The van der Waals surface area contributed by atoms with Crippen LogP contribution in [-0.4, -0.2) is 31.3 Å². The highest BCUT2D eigenvalue weighted by molar-refractivity contribution is 7.92. The lowest BCUT2D eigenvalue weighted by atomic mass is 10.2. The lowest BCUT2D eigenvalue weighted by Crippen LogP contribution is -2.16. The van der Waals surface area contributed by atoms with Crippen LogP contribution in [0.3, 0.4) is 0 Å². The number of carbonyl (C=O) groups excluding carboxylic acids is 1. The fourth-order valence-electron chi connectivity index (χ4n) is 2.42. The van der Waals surface area contributed by atoms with E-state index in [1.807, 2.05) is 30.3 Å². The standard InChI is InChI=1S/C18H17N3O4S/c1-13-12-17(21(19-13)15-6-4-3-5-7-15)20-26(23,24)16-10-8-14(9-11-16)18(22)25-2/h3-12,20H,1-2H3. The summed E-state index contributed by atoms with van der Waals surface area (Å²) in [5.41, 5.74) is 1.68. The van der Waals surface area contributed by atoms with E-state index in [0.29, 0.717) is 11.5 Å². The van der Waals surface area contributed by atoms with Crippen molar-refractivity contribution in [2.45, 2.75) is 11.8 Å². The molecule has 0 spiro atoms. The molecule has 0 aliphatic rings. The average molecular weight is 371 g/mol. The molecule has 1 N–H and O–H groups in total. The molecule has 7 nitrogen and oxygen atoms in total. The van der Waals surface area contributed by atoms with E-state index < -0.39 is 16.0 Å². The molecule has 0 radical (unpaired) electrons. The molecule has 0 saturated heterocycles. The number of para-hydroxylation sites is 1. The lowest BCUT2D eigenvalue weighted by molar-refractivity contribution is 0.0600. The molecule has 0 atom stereocenters. The number of rotatable bonds is 5. The molecular weight excluding hydrogens is 354 g/mol. The van der Waals surface area contributed by atoms with Crippen molar-refractivity contribution >= 4 is 21.8 Å². The summed E-state index contributed by atoms with van der Waals surface area (Å²) >= 11 is 0. The van der Waals surface area contributed by atoms with Gasteiger partial charge in [-0.05, 0) is 43.3 Å². The molecular formula is C18H17N3O4S.